The first kappa shape index (κ1) is 16.1. The van der Waals surface area contributed by atoms with Crippen molar-refractivity contribution in [3.8, 4) is 6.07 Å². The minimum absolute atomic E-state index is 0.186. The van der Waals surface area contributed by atoms with Crippen LogP contribution in [0.2, 0.25) is 0 Å². The van der Waals surface area contributed by atoms with Gasteiger partial charge in [-0.2, -0.15) is 5.26 Å². The van der Waals surface area contributed by atoms with E-state index in [4.69, 9.17) is 0 Å². The highest BCUT2D eigenvalue weighted by Gasteiger charge is 2.27. The summed E-state index contributed by atoms with van der Waals surface area (Å²) in [6.45, 7) is 1.87. The summed E-state index contributed by atoms with van der Waals surface area (Å²) in [6, 6.07) is 9.93. The van der Waals surface area contributed by atoms with Crippen molar-refractivity contribution < 1.29 is 4.79 Å². The van der Waals surface area contributed by atoms with Crippen molar-refractivity contribution in [1.82, 2.24) is 10.2 Å². The molecule has 0 bridgehead atoms. The second kappa shape index (κ2) is 6.74. The number of nitrogens with zero attached hydrogens (tertiary/aromatic N) is 4. The molecular weight excluding hydrogens is 348 g/mol. The summed E-state index contributed by atoms with van der Waals surface area (Å²) < 4.78 is 0.744. The first-order chi connectivity index (χ1) is 11.1. The lowest BCUT2D eigenvalue weighted by molar-refractivity contribution is -0.112. The number of allylic oxidation sites excluding steroid dienone is 1. The molecule has 3 rings (SSSR count). The number of benzene rings is 1. The number of para-hydroxylation sites is 1. The number of hydrogen-bond donors (Lipinski definition) is 0. The third kappa shape index (κ3) is 3.27. The molecule has 23 heavy (non-hydrogen) atoms. The van der Waals surface area contributed by atoms with Crippen molar-refractivity contribution in [1.29, 1.82) is 5.26 Å². The third-order valence-electron chi connectivity index (χ3n) is 3.18. The molecule has 0 unspecified atom stereocenters. The Labute approximate surface area is 146 Å². The van der Waals surface area contributed by atoms with Gasteiger partial charge in [0.15, 0.2) is 10.1 Å². The van der Waals surface area contributed by atoms with Crippen LogP contribution in [0.5, 0.6) is 0 Å². The smallest absolute Gasteiger partial charge is 0.186 e. The van der Waals surface area contributed by atoms with Crippen LogP contribution >= 0.6 is 34.9 Å². The average Bonchev–Trinajstić information content (AvgIpc) is 3.11. The van der Waals surface area contributed by atoms with Crippen molar-refractivity contribution in [3.05, 3.63) is 39.9 Å². The Hall–Kier alpha value is -1.82. The van der Waals surface area contributed by atoms with Gasteiger partial charge in [0.25, 0.3) is 0 Å². The normalized spacial score (nSPS) is 15.3. The van der Waals surface area contributed by atoms with E-state index in [1.54, 1.807) is 0 Å². The van der Waals surface area contributed by atoms with Gasteiger partial charge in [0.2, 0.25) is 0 Å². The number of carbonyl (C=O) groups excluding carboxylic acids is 1. The van der Waals surface area contributed by atoms with E-state index in [9.17, 15) is 10.1 Å². The molecule has 0 aliphatic carbocycles. The summed E-state index contributed by atoms with van der Waals surface area (Å²) in [5.41, 5.74) is 1.21. The van der Waals surface area contributed by atoms with E-state index in [0.29, 0.717) is 5.03 Å². The topological polar surface area (TPSA) is 69.9 Å². The molecule has 1 aliphatic heterocycles. The molecular formula is C15H12N4OS3. The van der Waals surface area contributed by atoms with E-state index in [1.807, 2.05) is 43.1 Å². The molecule has 0 spiro atoms. The largest absolute Gasteiger partial charge is 0.337 e. The molecule has 5 nitrogen and oxygen atoms in total. The number of anilines is 1. The highest BCUT2D eigenvalue weighted by atomic mass is 32.2. The molecule has 0 radical (unpaired) electrons. The van der Waals surface area contributed by atoms with Gasteiger partial charge in [-0.25, -0.2) is 0 Å². The van der Waals surface area contributed by atoms with Crippen LogP contribution in [-0.2, 0) is 4.79 Å². The van der Waals surface area contributed by atoms with E-state index in [2.05, 4.69) is 16.3 Å². The van der Waals surface area contributed by atoms with Crippen molar-refractivity contribution in [3.63, 3.8) is 0 Å². The maximum atomic E-state index is 12.5. The minimum atomic E-state index is -0.187. The number of nitriles is 1. The van der Waals surface area contributed by atoms with Crippen LogP contribution in [0.1, 0.15) is 5.01 Å². The van der Waals surface area contributed by atoms with Gasteiger partial charge >= 0.3 is 0 Å². The number of Topliss-reactive ketones (excluding diaryl/α,β-unsaturated/α-hetero) is 1. The summed E-state index contributed by atoms with van der Waals surface area (Å²) in [4.78, 5) is 15.4. The molecule has 1 aliphatic rings. The lowest BCUT2D eigenvalue weighted by Gasteiger charge is -2.14. The summed E-state index contributed by atoms with van der Waals surface area (Å²) in [5, 5.41) is 18.9. The van der Waals surface area contributed by atoms with Gasteiger partial charge in [-0.1, -0.05) is 47.0 Å². The van der Waals surface area contributed by atoms with Crippen molar-refractivity contribution in [2.75, 3.05) is 17.7 Å². The van der Waals surface area contributed by atoms with Gasteiger partial charge in [-0.05, 0) is 19.1 Å². The molecule has 0 atom stereocenters. The number of rotatable bonds is 4. The number of hydrogen-bond acceptors (Lipinski definition) is 8. The fourth-order valence-corrected chi connectivity index (χ4v) is 4.94. The van der Waals surface area contributed by atoms with E-state index >= 15 is 0 Å². The Morgan fingerprint density at radius 2 is 2.17 bits per heavy atom. The molecule has 0 N–H and O–H groups in total. The molecule has 0 amide bonds. The predicted molar refractivity (Wildman–Crippen MR) is 93.7 cm³/mol. The Morgan fingerprint density at radius 1 is 1.39 bits per heavy atom. The molecule has 2 aromatic rings. The van der Waals surface area contributed by atoms with E-state index in [-0.39, 0.29) is 17.1 Å². The van der Waals surface area contributed by atoms with Crippen molar-refractivity contribution in [2.24, 2.45) is 0 Å². The van der Waals surface area contributed by atoms with Crippen LogP contribution in [-0.4, -0.2) is 28.8 Å². The van der Waals surface area contributed by atoms with Gasteiger partial charge in [-0.15, -0.1) is 10.2 Å². The number of ketones is 1. The van der Waals surface area contributed by atoms with Crippen LogP contribution in [0.3, 0.4) is 0 Å². The molecule has 0 saturated heterocycles. The first-order valence-electron chi connectivity index (χ1n) is 6.71. The van der Waals surface area contributed by atoms with Crippen LogP contribution in [0.4, 0.5) is 5.69 Å². The van der Waals surface area contributed by atoms with Gasteiger partial charge in [-0.3, -0.25) is 4.79 Å². The summed E-state index contributed by atoms with van der Waals surface area (Å²) >= 11 is 4.22. The molecule has 2 heterocycles. The van der Waals surface area contributed by atoms with E-state index < -0.39 is 0 Å². The van der Waals surface area contributed by atoms with Gasteiger partial charge < -0.3 is 4.90 Å². The van der Waals surface area contributed by atoms with Crippen LogP contribution in [0.15, 0.2) is 44.1 Å². The highest BCUT2D eigenvalue weighted by Crippen LogP contribution is 2.46. The van der Waals surface area contributed by atoms with Crippen molar-refractivity contribution >= 4 is 46.3 Å². The Morgan fingerprint density at radius 3 is 2.83 bits per heavy atom. The second-order valence-electron chi connectivity index (χ2n) is 4.72. The number of carbonyl (C=O) groups is 1. The third-order valence-corrected chi connectivity index (χ3v) is 6.39. The molecule has 1 aromatic heterocycles. The number of fused-ring (bicyclic) bond motifs is 1. The minimum Gasteiger partial charge on any atom is -0.337 e. The zero-order chi connectivity index (χ0) is 16.4. The van der Waals surface area contributed by atoms with Crippen LogP contribution < -0.4 is 4.90 Å². The molecule has 0 fully saturated rings. The fourth-order valence-electron chi connectivity index (χ4n) is 2.09. The summed E-state index contributed by atoms with van der Waals surface area (Å²) in [6.07, 6.45) is 0. The molecule has 1 aromatic carbocycles. The summed E-state index contributed by atoms with van der Waals surface area (Å²) in [7, 11) is 1.88. The van der Waals surface area contributed by atoms with Crippen LogP contribution in [0, 0.1) is 18.3 Å². The standard InChI is InChI=1S/C15H12N4OS3/c1-9-17-18-15(22-9)21-8-12(20)10(7-16)14-19(2)11-5-3-4-6-13(11)23-14/h3-6H,8H2,1-2H3. The summed E-state index contributed by atoms with van der Waals surface area (Å²) in [5.74, 6) is -0.00121. The number of aryl methyl sites for hydroxylation is 1. The number of thioether (sulfide) groups is 2. The highest BCUT2D eigenvalue weighted by molar-refractivity contribution is 8.04. The fraction of sp³-hybridized carbons (Fsp3) is 0.200. The zero-order valence-corrected chi connectivity index (χ0v) is 14.9. The van der Waals surface area contributed by atoms with Gasteiger partial charge in [0, 0.05) is 11.9 Å². The van der Waals surface area contributed by atoms with Crippen molar-refractivity contribution in [2.45, 2.75) is 16.2 Å². The Bertz CT molecular complexity index is 837. The number of aromatic nitrogens is 2. The van der Waals surface area contributed by atoms with E-state index in [0.717, 1.165) is 19.9 Å². The first-order valence-corrected chi connectivity index (χ1v) is 9.33. The Balaban J connectivity index is 1.80. The van der Waals surface area contributed by atoms with Crippen LogP contribution in [0.25, 0.3) is 0 Å². The maximum Gasteiger partial charge on any atom is 0.186 e. The van der Waals surface area contributed by atoms with Gasteiger partial charge in [0.1, 0.15) is 21.7 Å². The molecule has 8 heteroatoms. The maximum absolute atomic E-state index is 12.5. The predicted octanol–water partition coefficient (Wildman–Crippen LogP) is 3.49. The van der Waals surface area contributed by atoms with Gasteiger partial charge in [0.05, 0.1) is 11.4 Å². The zero-order valence-electron chi connectivity index (χ0n) is 12.4. The SMILES string of the molecule is Cc1nnc(SCC(=O)C(C#N)=C2Sc3ccccc3N2C)s1. The monoisotopic (exact) mass is 360 g/mol. The lowest BCUT2D eigenvalue weighted by Crippen LogP contribution is -2.16. The van der Waals surface area contributed by atoms with E-state index in [1.165, 1.54) is 34.9 Å². The Kier molecular flexibility index (Phi) is 4.71. The molecule has 116 valence electrons. The quantitative estimate of drug-likeness (QED) is 0.469. The lowest BCUT2D eigenvalue weighted by atomic mass is 10.2. The average molecular weight is 360 g/mol. The molecule has 0 saturated carbocycles. The second-order valence-corrected chi connectivity index (χ2v) is 8.15.